The fourth-order valence-electron chi connectivity index (χ4n) is 2.15. The zero-order chi connectivity index (χ0) is 10.2. The number of rotatable bonds is 2. The Morgan fingerprint density at radius 3 is 2.57 bits per heavy atom. The Bertz CT molecular complexity index is 300. The predicted molar refractivity (Wildman–Crippen MR) is 57.2 cm³/mol. The van der Waals surface area contributed by atoms with Crippen LogP contribution in [0.4, 0.5) is 5.82 Å². The number of hydrogen-bond acceptors (Lipinski definition) is 3. The van der Waals surface area contributed by atoms with Crippen molar-refractivity contribution in [3.8, 4) is 0 Å². The summed E-state index contributed by atoms with van der Waals surface area (Å²) in [6.07, 6.45) is 7.78. The third kappa shape index (κ3) is 1.72. The Hall–Kier alpha value is -1.12. The summed E-state index contributed by atoms with van der Waals surface area (Å²) >= 11 is 0. The van der Waals surface area contributed by atoms with Crippen molar-refractivity contribution in [2.75, 3.05) is 11.9 Å². The fourth-order valence-corrected chi connectivity index (χ4v) is 2.15. The molecule has 0 radical (unpaired) electrons. The predicted octanol–water partition coefficient (Wildman–Crippen LogP) is 2.10. The molecule has 2 rings (SSSR count). The van der Waals surface area contributed by atoms with Gasteiger partial charge >= 0.3 is 0 Å². The quantitative estimate of drug-likeness (QED) is 0.717. The zero-order valence-electron chi connectivity index (χ0n) is 9.07. The third-order valence-corrected chi connectivity index (χ3v) is 3.04. The minimum Gasteiger partial charge on any atom is -0.355 e. The molecule has 0 unspecified atom stereocenters. The molecule has 1 aromatic heterocycles. The molecule has 0 saturated heterocycles. The van der Waals surface area contributed by atoms with Crippen molar-refractivity contribution in [2.45, 2.75) is 32.7 Å². The van der Waals surface area contributed by atoms with Crippen molar-refractivity contribution in [3.63, 3.8) is 0 Å². The molecule has 3 heteroatoms. The van der Waals surface area contributed by atoms with E-state index in [1.807, 2.05) is 6.20 Å². The molecule has 1 fully saturated rings. The summed E-state index contributed by atoms with van der Waals surface area (Å²) < 4.78 is 0. The van der Waals surface area contributed by atoms with Crippen LogP contribution in [0.3, 0.4) is 0 Å². The van der Waals surface area contributed by atoms with Gasteiger partial charge in [-0.1, -0.05) is 13.8 Å². The zero-order valence-corrected chi connectivity index (χ0v) is 9.07. The lowest BCUT2D eigenvalue weighted by Gasteiger charge is -2.47. The van der Waals surface area contributed by atoms with Gasteiger partial charge in [0.15, 0.2) is 0 Å². The van der Waals surface area contributed by atoms with E-state index in [2.05, 4.69) is 35.8 Å². The van der Waals surface area contributed by atoms with Crippen LogP contribution in [-0.2, 0) is 0 Å². The second-order valence-corrected chi connectivity index (χ2v) is 4.90. The van der Waals surface area contributed by atoms with Crippen LogP contribution in [0.1, 0.15) is 26.7 Å². The topological polar surface area (TPSA) is 29.0 Å². The summed E-state index contributed by atoms with van der Waals surface area (Å²) in [6, 6.07) is 0.640. The van der Waals surface area contributed by atoms with E-state index in [0.29, 0.717) is 11.5 Å². The largest absolute Gasteiger partial charge is 0.355 e. The van der Waals surface area contributed by atoms with Crippen LogP contribution in [0.5, 0.6) is 0 Å². The second kappa shape index (κ2) is 3.23. The van der Waals surface area contributed by atoms with Crippen LogP contribution >= 0.6 is 0 Å². The van der Waals surface area contributed by atoms with Crippen molar-refractivity contribution in [1.29, 1.82) is 0 Å². The van der Waals surface area contributed by atoms with E-state index in [9.17, 15) is 0 Å². The van der Waals surface area contributed by atoms with E-state index in [4.69, 9.17) is 0 Å². The van der Waals surface area contributed by atoms with E-state index in [1.54, 1.807) is 12.4 Å². The van der Waals surface area contributed by atoms with Crippen molar-refractivity contribution in [1.82, 2.24) is 9.97 Å². The summed E-state index contributed by atoms with van der Waals surface area (Å²) in [5.41, 5.74) is 0.515. The van der Waals surface area contributed by atoms with Gasteiger partial charge in [0.1, 0.15) is 5.82 Å². The summed E-state index contributed by atoms with van der Waals surface area (Å²) in [5, 5.41) is 0. The molecule has 0 amide bonds. The first-order valence-electron chi connectivity index (χ1n) is 5.07. The molecule has 0 aliphatic heterocycles. The van der Waals surface area contributed by atoms with Gasteiger partial charge in [-0.3, -0.25) is 4.98 Å². The number of aromatic nitrogens is 2. The minimum atomic E-state index is 0.515. The molecule has 0 bridgehead atoms. The van der Waals surface area contributed by atoms with Crippen LogP contribution in [0.25, 0.3) is 0 Å². The van der Waals surface area contributed by atoms with E-state index >= 15 is 0 Å². The van der Waals surface area contributed by atoms with Crippen LogP contribution in [-0.4, -0.2) is 23.1 Å². The highest BCUT2D eigenvalue weighted by molar-refractivity contribution is 5.36. The molecular weight excluding hydrogens is 174 g/mol. The van der Waals surface area contributed by atoms with E-state index < -0.39 is 0 Å². The fraction of sp³-hybridized carbons (Fsp3) is 0.636. The van der Waals surface area contributed by atoms with Gasteiger partial charge in [0.25, 0.3) is 0 Å². The standard InChI is InChI=1S/C11H17N3/c1-11(2)6-9(7-11)14(3)10-8-12-4-5-13-10/h4-5,8-9H,6-7H2,1-3H3. The van der Waals surface area contributed by atoms with Gasteiger partial charge in [-0.25, -0.2) is 4.98 Å². The van der Waals surface area contributed by atoms with E-state index in [1.165, 1.54) is 12.8 Å². The molecule has 1 aliphatic carbocycles. The molecule has 1 aromatic rings. The molecule has 0 spiro atoms. The first kappa shape index (κ1) is 9.44. The Kier molecular flexibility index (Phi) is 2.17. The molecule has 76 valence electrons. The maximum atomic E-state index is 4.29. The Morgan fingerprint density at radius 2 is 2.07 bits per heavy atom. The molecule has 1 aliphatic rings. The van der Waals surface area contributed by atoms with Gasteiger partial charge in [0, 0.05) is 25.5 Å². The highest BCUT2D eigenvalue weighted by Crippen LogP contribution is 2.42. The maximum Gasteiger partial charge on any atom is 0.147 e. The average molecular weight is 191 g/mol. The van der Waals surface area contributed by atoms with Crippen molar-refractivity contribution in [2.24, 2.45) is 5.41 Å². The van der Waals surface area contributed by atoms with Gasteiger partial charge in [0.05, 0.1) is 6.20 Å². The molecule has 14 heavy (non-hydrogen) atoms. The minimum absolute atomic E-state index is 0.515. The lowest BCUT2D eigenvalue weighted by atomic mass is 9.68. The normalized spacial score (nSPS) is 20.2. The Morgan fingerprint density at radius 1 is 1.36 bits per heavy atom. The van der Waals surface area contributed by atoms with E-state index in [-0.39, 0.29) is 0 Å². The summed E-state index contributed by atoms with van der Waals surface area (Å²) in [5.74, 6) is 0.980. The second-order valence-electron chi connectivity index (χ2n) is 4.90. The van der Waals surface area contributed by atoms with Crippen LogP contribution < -0.4 is 4.90 Å². The first-order valence-corrected chi connectivity index (χ1v) is 5.07. The number of hydrogen-bond donors (Lipinski definition) is 0. The Balaban J connectivity index is 2.01. The lowest BCUT2D eigenvalue weighted by molar-refractivity contribution is 0.150. The maximum absolute atomic E-state index is 4.29. The average Bonchev–Trinajstić information content (AvgIpc) is 2.14. The molecule has 1 heterocycles. The molecule has 3 nitrogen and oxygen atoms in total. The summed E-state index contributed by atoms with van der Waals surface area (Å²) in [7, 11) is 2.10. The van der Waals surface area contributed by atoms with Crippen LogP contribution in [0, 0.1) is 5.41 Å². The SMILES string of the molecule is CN(c1cnccn1)C1CC(C)(C)C1. The van der Waals surface area contributed by atoms with Gasteiger partial charge in [-0.05, 0) is 18.3 Å². The number of anilines is 1. The van der Waals surface area contributed by atoms with Crippen molar-refractivity contribution < 1.29 is 0 Å². The highest BCUT2D eigenvalue weighted by Gasteiger charge is 2.38. The Labute approximate surface area is 85.2 Å². The highest BCUT2D eigenvalue weighted by atomic mass is 15.2. The van der Waals surface area contributed by atoms with Gasteiger partial charge in [-0.2, -0.15) is 0 Å². The lowest BCUT2D eigenvalue weighted by Crippen LogP contribution is -2.47. The molecule has 0 atom stereocenters. The smallest absolute Gasteiger partial charge is 0.147 e. The van der Waals surface area contributed by atoms with Gasteiger partial charge in [-0.15, -0.1) is 0 Å². The summed E-state index contributed by atoms with van der Waals surface area (Å²) in [4.78, 5) is 10.6. The number of nitrogens with zero attached hydrogens (tertiary/aromatic N) is 3. The molecule has 1 saturated carbocycles. The van der Waals surface area contributed by atoms with E-state index in [0.717, 1.165) is 5.82 Å². The third-order valence-electron chi connectivity index (χ3n) is 3.04. The monoisotopic (exact) mass is 191 g/mol. The van der Waals surface area contributed by atoms with Crippen molar-refractivity contribution in [3.05, 3.63) is 18.6 Å². The molecular formula is C11H17N3. The molecule has 0 aromatic carbocycles. The molecule has 0 N–H and O–H groups in total. The van der Waals surface area contributed by atoms with Crippen molar-refractivity contribution >= 4 is 5.82 Å². The summed E-state index contributed by atoms with van der Waals surface area (Å²) in [6.45, 7) is 4.63. The van der Waals surface area contributed by atoms with Crippen LogP contribution in [0.15, 0.2) is 18.6 Å². The van der Waals surface area contributed by atoms with Gasteiger partial charge < -0.3 is 4.90 Å². The van der Waals surface area contributed by atoms with Gasteiger partial charge in [0.2, 0.25) is 0 Å². The van der Waals surface area contributed by atoms with Crippen LogP contribution in [0.2, 0.25) is 0 Å². The first-order chi connectivity index (χ1) is 6.58.